The second kappa shape index (κ2) is 7.39. The molecule has 0 saturated carbocycles. The molecule has 2 aliphatic rings. The topological polar surface area (TPSA) is 82.8 Å². The highest BCUT2D eigenvalue weighted by atomic mass is 16.2. The van der Waals surface area contributed by atoms with Crippen LogP contribution in [0, 0.1) is 18.8 Å². The van der Waals surface area contributed by atoms with Crippen LogP contribution in [0.5, 0.6) is 0 Å². The number of aromatic nitrogens is 1. The summed E-state index contributed by atoms with van der Waals surface area (Å²) >= 11 is 0. The Morgan fingerprint density at radius 2 is 1.86 bits per heavy atom. The van der Waals surface area contributed by atoms with Crippen molar-refractivity contribution >= 4 is 17.8 Å². The summed E-state index contributed by atoms with van der Waals surface area (Å²) in [5.41, 5.74) is 8.38. The highest BCUT2D eigenvalue weighted by molar-refractivity contribution is 5.97. The zero-order chi connectivity index (χ0) is 20.7. The molecule has 152 valence electrons. The van der Waals surface area contributed by atoms with Crippen molar-refractivity contribution in [3.05, 3.63) is 59.3 Å². The summed E-state index contributed by atoms with van der Waals surface area (Å²) in [5.74, 6) is 0.752. The van der Waals surface area contributed by atoms with Crippen LogP contribution >= 0.6 is 0 Å². The van der Waals surface area contributed by atoms with Gasteiger partial charge in [-0.25, -0.2) is 9.78 Å². The number of nitrogens with zero attached hydrogens (tertiary/aromatic N) is 4. The van der Waals surface area contributed by atoms with E-state index in [-0.39, 0.29) is 18.0 Å². The first kappa shape index (κ1) is 19.2. The quantitative estimate of drug-likeness (QED) is 0.867. The lowest BCUT2D eigenvalue weighted by Crippen LogP contribution is -2.41. The number of primary amides is 1. The fourth-order valence-corrected chi connectivity index (χ4v) is 4.83. The lowest BCUT2D eigenvalue weighted by atomic mass is 9.88. The van der Waals surface area contributed by atoms with Crippen molar-refractivity contribution < 1.29 is 9.59 Å². The Bertz CT molecular complexity index is 944. The zero-order valence-corrected chi connectivity index (χ0v) is 17.1. The molecule has 2 aromatic rings. The molecule has 7 nitrogen and oxygen atoms in total. The molecular weight excluding hydrogens is 366 g/mol. The maximum absolute atomic E-state index is 12.9. The maximum Gasteiger partial charge on any atom is 0.320 e. The van der Waals surface area contributed by atoms with Crippen molar-refractivity contribution in [3.8, 4) is 0 Å². The fourth-order valence-electron chi connectivity index (χ4n) is 4.83. The number of fused-ring (bicyclic) bond motifs is 1. The summed E-state index contributed by atoms with van der Waals surface area (Å²) in [6, 6.07) is 11.8. The number of pyridine rings is 1. The molecule has 2 saturated heterocycles. The van der Waals surface area contributed by atoms with Gasteiger partial charge in [0.05, 0.1) is 11.6 Å². The minimum Gasteiger partial charge on any atom is -0.365 e. The molecule has 2 aliphatic heterocycles. The molecule has 3 amide bonds. The number of nitrogens with two attached hydrogens (primary N) is 1. The number of urea groups is 1. The molecule has 3 atom stereocenters. The third kappa shape index (κ3) is 3.30. The van der Waals surface area contributed by atoms with Gasteiger partial charge in [-0.2, -0.15) is 0 Å². The molecule has 0 unspecified atom stereocenters. The Morgan fingerprint density at radius 3 is 2.55 bits per heavy atom. The molecule has 2 fully saturated rings. The molecule has 0 radical (unpaired) electrons. The summed E-state index contributed by atoms with van der Waals surface area (Å²) in [5, 5.41) is 0. The SMILES string of the molecule is Cc1ccccc1[C@H]1[C@@H]2CN(c3ncccc3C(N)=O)C[C@@H]2CN1C(=O)N(C)C. The van der Waals surface area contributed by atoms with Gasteiger partial charge >= 0.3 is 6.03 Å². The number of likely N-dealkylation sites (tertiary alicyclic amines) is 1. The summed E-state index contributed by atoms with van der Waals surface area (Å²) < 4.78 is 0. The first-order valence-electron chi connectivity index (χ1n) is 9.91. The van der Waals surface area contributed by atoms with Crippen molar-refractivity contribution in [2.75, 3.05) is 38.6 Å². The Balaban J connectivity index is 1.69. The van der Waals surface area contributed by atoms with E-state index >= 15 is 0 Å². The van der Waals surface area contributed by atoms with E-state index in [1.165, 1.54) is 11.1 Å². The van der Waals surface area contributed by atoms with Gasteiger partial charge in [-0.3, -0.25) is 4.79 Å². The lowest BCUT2D eigenvalue weighted by molar-refractivity contribution is 0.100. The molecule has 7 heteroatoms. The highest BCUT2D eigenvalue weighted by Crippen LogP contribution is 2.47. The predicted molar refractivity (Wildman–Crippen MR) is 112 cm³/mol. The van der Waals surface area contributed by atoms with Gasteiger partial charge in [0.15, 0.2) is 0 Å². The van der Waals surface area contributed by atoms with Crippen LogP contribution in [0.3, 0.4) is 0 Å². The Hall–Kier alpha value is -3.09. The average molecular weight is 393 g/mol. The third-order valence-corrected chi connectivity index (χ3v) is 6.15. The van der Waals surface area contributed by atoms with Crippen LogP contribution in [0.4, 0.5) is 10.6 Å². The summed E-state index contributed by atoms with van der Waals surface area (Å²) in [4.78, 5) is 35.0. The van der Waals surface area contributed by atoms with Gasteiger partial charge in [0.2, 0.25) is 0 Å². The molecule has 4 rings (SSSR count). The van der Waals surface area contributed by atoms with Gasteiger partial charge in [0, 0.05) is 51.8 Å². The second-order valence-corrected chi connectivity index (χ2v) is 8.20. The number of hydrogen-bond acceptors (Lipinski definition) is 4. The number of rotatable bonds is 3. The number of anilines is 1. The van der Waals surface area contributed by atoms with E-state index in [1.807, 2.05) is 17.0 Å². The van der Waals surface area contributed by atoms with E-state index < -0.39 is 5.91 Å². The lowest BCUT2D eigenvalue weighted by Gasteiger charge is -2.33. The van der Waals surface area contributed by atoms with Crippen molar-refractivity contribution in [3.63, 3.8) is 0 Å². The molecule has 0 spiro atoms. The number of aryl methyl sites for hydroxylation is 1. The molecule has 2 N–H and O–H groups in total. The van der Waals surface area contributed by atoms with Crippen molar-refractivity contribution in [2.45, 2.75) is 13.0 Å². The van der Waals surface area contributed by atoms with Crippen molar-refractivity contribution in [2.24, 2.45) is 17.6 Å². The van der Waals surface area contributed by atoms with Crippen LogP contribution in [0.25, 0.3) is 0 Å². The first-order chi connectivity index (χ1) is 13.9. The monoisotopic (exact) mass is 393 g/mol. The minimum absolute atomic E-state index is 0.00170. The highest BCUT2D eigenvalue weighted by Gasteiger charge is 2.50. The second-order valence-electron chi connectivity index (χ2n) is 8.20. The van der Waals surface area contributed by atoms with Crippen LogP contribution in [0.15, 0.2) is 42.6 Å². The Labute approximate surface area is 171 Å². The number of hydrogen-bond donors (Lipinski definition) is 1. The van der Waals surface area contributed by atoms with Gasteiger partial charge < -0.3 is 20.4 Å². The van der Waals surface area contributed by atoms with Gasteiger partial charge in [-0.1, -0.05) is 24.3 Å². The first-order valence-corrected chi connectivity index (χ1v) is 9.91. The van der Waals surface area contributed by atoms with E-state index in [4.69, 9.17) is 5.73 Å². The predicted octanol–water partition coefficient (Wildman–Crippen LogP) is 2.28. The molecule has 0 aliphatic carbocycles. The van der Waals surface area contributed by atoms with Gasteiger partial charge in [0.25, 0.3) is 5.91 Å². The third-order valence-electron chi connectivity index (χ3n) is 6.15. The number of carbonyl (C=O) groups excluding carboxylic acids is 2. The van der Waals surface area contributed by atoms with Gasteiger partial charge in [-0.15, -0.1) is 0 Å². The van der Waals surface area contributed by atoms with E-state index in [9.17, 15) is 9.59 Å². The van der Waals surface area contributed by atoms with Crippen LogP contribution in [0.2, 0.25) is 0 Å². The standard InChI is InChI=1S/C22H27N5O2/c1-14-7-4-5-8-16(14)19-18-13-26(21-17(20(23)28)9-6-10-24-21)11-15(18)12-27(19)22(29)25(2)3/h4-10,15,18-19H,11-13H2,1-3H3,(H2,23,28)/t15-,18-,19+/m1/s1. The largest absolute Gasteiger partial charge is 0.365 e. The van der Waals surface area contributed by atoms with Gasteiger partial charge in [0.1, 0.15) is 5.82 Å². The maximum atomic E-state index is 12.9. The molecule has 3 heterocycles. The molecular formula is C22H27N5O2. The van der Waals surface area contributed by atoms with Crippen LogP contribution in [-0.2, 0) is 0 Å². The van der Waals surface area contributed by atoms with E-state index in [0.717, 1.165) is 13.1 Å². The number of amides is 3. The molecule has 0 bridgehead atoms. The summed E-state index contributed by atoms with van der Waals surface area (Å²) in [7, 11) is 3.59. The zero-order valence-electron chi connectivity index (χ0n) is 17.1. The Morgan fingerprint density at radius 1 is 1.10 bits per heavy atom. The van der Waals surface area contributed by atoms with E-state index in [2.05, 4.69) is 28.9 Å². The van der Waals surface area contributed by atoms with Crippen LogP contribution in [0.1, 0.15) is 27.5 Å². The van der Waals surface area contributed by atoms with E-state index in [1.54, 1.807) is 37.3 Å². The minimum atomic E-state index is -0.468. The number of benzene rings is 1. The fraction of sp³-hybridized carbons (Fsp3) is 0.409. The van der Waals surface area contributed by atoms with Gasteiger partial charge in [-0.05, 0) is 30.2 Å². The summed E-state index contributed by atoms with van der Waals surface area (Å²) in [6.45, 7) is 4.27. The molecule has 1 aromatic heterocycles. The Kier molecular flexibility index (Phi) is 4.90. The smallest absolute Gasteiger partial charge is 0.320 e. The van der Waals surface area contributed by atoms with Crippen LogP contribution in [-0.4, -0.2) is 60.5 Å². The van der Waals surface area contributed by atoms with E-state index in [0.29, 0.717) is 23.8 Å². The van der Waals surface area contributed by atoms with Crippen LogP contribution < -0.4 is 10.6 Å². The summed E-state index contributed by atoms with van der Waals surface area (Å²) in [6.07, 6.45) is 1.69. The number of carbonyl (C=O) groups is 2. The van der Waals surface area contributed by atoms with Crippen molar-refractivity contribution in [1.82, 2.24) is 14.8 Å². The average Bonchev–Trinajstić information content (AvgIpc) is 3.25. The molecule has 1 aromatic carbocycles. The normalized spacial score (nSPS) is 23.2. The van der Waals surface area contributed by atoms with Crippen molar-refractivity contribution in [1.29, 1.82) is 0 Å². The molecule has 29 heavy (non-hydrogen) atoms.